The molecule has 22 heavy (non-hydrogen) atoms. The van der Waals surface area contributed by atoms with Gasteiger partial charge in [-0.3, -0.25) is 9.69 Å². The van der Waals surface area contributed by atoms with Gasteiger partial charge >= 0.3 is 0 Å². The molecule has 0 radical (unpaired) electrons. The number of rotatable bonds is 6. The Morgan fingerprint density at radius 3 is 3.00 bits per heavy atom. The Morgan fingerprint density at radius 1 is 1.59 bits per heavy atom. The van der Waals surface area contributed by atoms with Crippen LogP contribution in [0.3, 0.4) is 0 Å². The molecule has 1 aromatic rings. The summed E-state index contributed by atoms with van der Waals surface area (Å²) >= 11 is 1.42. The third-order valence-electron chi connectivity index (χ3n) is 3.14. The largest absolute Gasteiger partial charge is 0.379 e. The highest BCUT2D eigenvalue weighted by Gasteiger charge is 2.12. The molecule has 0 aliphatic carbocycles. The minimum atomic E-state index is -0.378. The van der Waals surface area contributed by atoms with Crippen molar-refractivity contribution in [1.82, 2.24) is 15.2 Å². The lowest BCUT2D eigenvalue weighted by Gasteiger charge is -2.26. The van der Waals surface area contributed by atoms with Crippen LogP contribution in [0.2, 0.25) is 0 Å². The summed E-state index contributed by atoms with van der Waals surface area (Å²) in [5.41, 5.74) is 0.934. The highest BCUT2D eigenvalue weighted by Crippen LogP contribution is 2.14. The van der Waals surface area contributed by atoms with E-state index in [1.165, 1.54) is 17.5 Å². The summed E-state index contributed by atoms with van der Waals surface area (Å²) in [6, 6.07) is 1.90. The van der Waals surface area contributed by atoms with Gasteiger partial charge in [0.15, 0.2) is 5.13 Å². The molecule has 118 valence electrons. The summed E-state index contributed by atoms with van der Waals surface area (Å²) in [7, 11) is 0. The maximum atomic E-state index is 11.9. The molecular weight excluding hydrogens is 302 g/mol. The molecule has 1 aromatic heterocycles. The number of nitriles is 1. The van der Waals surface area contributed by atoms with Crippen molar-refractivity contribution in [2.45, 2.75) is 6.92 Å². The van der Waals surface area contributed by atoms with Crippen molar-refractivity contribution < 1.29 is 9.53 Å². The molecule has 1 amide bonds. The quantitative estimate of drug-likeness (QED) is 0.593. The van der Waals surface area contributed by atoms with E-state index in [1.807, 2.05) is 18.4 Å². The number of aryl methyl sites for hydroxylation is 1. The first kappa shape index (κ1) is 16.4. The summed E-state index contributed by atoms with van der Waals surface area (Å²) in [6.45, 7) is 6.36. The lowest BCUT2D eigenvalue weighted by atomic mass is 10.3. The molecule has 0 atom stereocenters. The van der Waals surface area contributed by atoms with E-state index in [0.717, 1.165) is 38.5 Å². The Bertz CT molecular complexity index is 572. The van der Waals surface area contributed by atoms with Crippen molar-refractivity contribution in [2.75, 3.05) is 44.7 Å². The Balaban J connectivity index is 1.77. The molecule has 0 spiro atoms. The van der Waals surface area contributed by atoms with Crippen LogP contribution < -0.4 is 10.6 Å². The fourth-order valence-electron chi connectivity index (χ4n) is 1.95. The van der Waals surface area contributed by atoms with Crippen molar-refractivity contribution in [3.8, 4) is 6.07 Å². The minimum Gasteiger partial charge on any atom is -0.379 e. The topological polar surface area (TPSA) is 90.3 Å². The van der Waals surface area contributed by atoms with Crippen LogP contribution in [0.1, 0.15) is 5.69 Å². The maximum Gasteiger partial charge on any atom is 0.263 e. The molecule has 1 aliphatic rings. The van der Waals surface area contributed by atoms with Crippen molar-refractivity contribution in [3.63, 3.8) is 0 Å². The van der Waals surface area contributed by atoms with E-state index in [2.05, 4.69) is 20.5 Å². The van der Waals surface area contributed by atoms with E-state index >= 15 is 0 Å². The molecule has 7 nitrogen and oxygen atoms in total. The summed E-state index contributed by atoms with van der Waals surface area (Å²) in [4.78, 5) is 18.4. The van der Waals surface area contributed by atoms with E-state index in [-0.39, 0.29) is 11.5 Å². The van der Waals surface area contributed by atoms with Crippen LogP contribution in [-0.4, -0.2) is 55.2 Å². The third kappa shape index (κ3) is 5.11. The molecule has 2 N–H and O–H groups in total. The number of hydrogen-bond donors (Lipinski definition) is 2. The van der Waals surface area contributed by atoms with Crippen molar-refractivity contribution in [3.05, 3.63) is 22.8 Å². The highest BCUT2D eigenvalue weighted by atomic mass is 32.1. The number of amides is 1. The van der Waals surface area contributed by atoms with Gasteiger partial charge in [0.25, 0.3) is 5.91 Å². The van der Waals surface area contributed by atoms with E-state index in [9.17, 15) is 4.79 Å². The normalized spacial score (nSPS) is 16.1. The van der Waals surface area contributed by atoms with Gasteiger partial charge in [-0.1, -0.05) is 0 Å². The van der Waals surface area contributed by atoms with Crippen LogP contribution in [0.4, 0.5) is 5.13 Å². The van der Waals surface area contributed by atoms with Gasteiger partial charge in [0, 0.05) is 37.8 Å². The van der Waals surface area contributed by atoms with Crippen LogP contribution in [0.15, 0.2) is 17.2 Å². The van der Waals surface area contributed by atoms with Crippen LogP contribution in [0, 0.1) is 18.3 Å². The number of hydrogen-bond acceptors (Lipinski definition) is 7. The van der Waals surface area contributed by atoms with Crippen molar-refractivity contribution in [2.24, 2.45) is 0 Å². The third-order valence-corrected chi connectivity index (χ3v) is 4.03. The first-order valence-corrected chi connectivity index (χ1v) is 7.94. The number of aromatic nitrogens is 1. The number of ether oxygens (including phenoxy) is 1. The predicted molar refractivity (Wildman–Crippen MR) is 84.4 cm³/mol. The Labute approximate surface area is 133 Å². The van der Waals surface area contributed by atoms with Crippen LogP contribution in [-0.2, 0) is 9.53 Å². The lowest BCUT2D eigenvalue weighted by Crippen LogP contribution is -2.41. The van der Waals surface area contributed by atoms with E-state index in [4.69, 9.17) is 10.00 Å². The molecule has 1 fully saturated rings. The monoisotopic (exact) mass is 321 g/mol. The molecule has 1 aliphatic heterocycles. The average molecular weight is 321 g/mol. The molecule has 0 bridgehead atoms. The number of anilines is 1. The van der Waals surface area contributed by atoms with Gasteiger partial charge in [0.2, 0.25) is 0 Å². The highest BCUT2D eigenvalue weighted by molar-refractivity contribution is 7.13. The maximum absolute atomic E-state index is 11.9. The number of thiazole rings is 1. The second kappa shape index (κ2) is 8.48. The van der Waals surface area contributed by atoms with Gasteiger partial charge in [-0.05, 0) is 6.92 Å². The van der Waals surface area contributed by atoms with Gasteiger partial charge in [-0.25, -0.2) is 4.98 Å². The smallest absolute Gasteiger partial charge is 0.263 e. The molecule has 0 unspecified atom stereocenters. The molecule has 2 heterocycles. The first-order chi connectivity index (χ1) is 10.7. The molecule has 1 saturated heterocycles. The fourth-order valence-corrected chi connectivity index (χ4v) is 2.61. The zero-order valence-electron chi connectivity index (χ0n) is 12.5. The van der Waals surface area contributed by atoms with Crippen LogP contribution in [0.5, 0.6) is 0 Å². The average Bonchev–Trinajstić information content (AvgIpc) is 2.94. The first-order valence-electron chi connectivity index (χ1n) is 7.06. The summed E-state index contributed by atoms with van der Waals surface area (Å²) in [6.07, 6.45) is 1.39. The predicted octanol–water partition coefficient (Wildman–Crippen LogP) is 0.719. The summed E-state index contributed by atoms with van der Waals surface area (Å²) < 4.78 is 5.26. The van der Waals surface area contributed by atoms with Crippen LogP contribution in [0.25, 0.3) is 0 Å². The molecular formula is C14H19N5O2S. The van der Waals surface area contributed by atoms with Gasteiger partial charge in [0.05, 0.1) is 18.9 Å². The van der Waals surface area contributed by atoms with E-state index in [1.54, 1.807) is 0 Å². The standard InChI is InChI=1S/C14H19N5O2S/c1-11-10-22-14(18-11)17-9-12(8-15)13(20)16-2-3-19-4-6-21-7-5-19/h9-10H,2-7H2,1H3,(H,16,20)(H,17,18)/b12-9-. The number of nitrogens with one attached hydrogen (secondary N) is 2. The second-order valence-electron chi connectivity index (χ2n) is 4.82. The van der Waals surface area contributed by atoms with Crippen molar-refractivity contribution in [1.29, 1.82) is 5.26 Å². The molecule has 2 rings (SSSR count). The van der Waals surface area contributed by atoms with E-state index < -0.39 is 0 Å². The molecule has 0 aromatic carbocycles. The van der Waals surface area contributed by atoms with E-state index in [0.29, 0.717) is 11.7 Å². The summed E-state index contributed by atoms with van der Waals surface area (Å²) in [5, 5.41) is 17.2. The zero-order chi connectivity index (χ0) is 15.8. The zero-order valence-corrected chi connectivity index (χ0v) is 13.3. The number of carbonyl (C=O) groups is 1. The SMILES string of the molecule is Cc1csc(N/C=C(/C#N)C(=O)NCCN2CCOCC2)n1. The van der Waals surface area contributed by atoms with Gasteiger partial charge in [-0.2, -0.15) is 5.26 Å². The number of carbonyl (C=O) groups excluding carboxylic acids is 1. The minimum absolute atomic E-state index is 0.0369. The Morgan fingerprint density at radius 2 is 2.36 bits per heavy atom. The van der Waals surface area contributed by atoms with Crippen LogP contribution >= 0.6 is 11.3 Å². The lowest BCUT2D eigenvalue weighted by molar-refractivity contribution is -0.117. The molecule has 0 saturated carbocycles. The Kier molecular flexibility index (Phi) is 6.33. The summed E-state index contributed by atoms with van der Waals surface area (Å²) in [5.74, 6) is -0.378. The van der Waals surface area contributed by atoms with Crippen molar-refractivity contribution >= 4 is 22.4 Å². The number of morpholine rings is 1. The fraction of sp³-hybridized carbons (Fsp3) is 0.500. The van der Waals surface area contributed by atoms with Gasteiger partial charge < -0.3 is 15.4 Å². The number of nitrogens with zero attached hydrogens (tertiary/aromatic N) is 3. The Hall–Kier alpha value is -1.95. The van der Waals surface area contributed by atoms with Gasteiger partial charge in [0.1, 0.15) is 11.6 Å². The molecule has 8 heteroatoms. The van der Waals surface area contributed by atoms with Gasteiger partial charge in [-0.15, -0.1) is 11.3 Å². The second-order valence-corrected chi connectivity index (χ2v) is 5.68.